The minimum Gasteiger partial charge on any atom is -0.491 e. The zero-order valence-electron chi connectivity index (χ0n) is 9.38. The lowest BCUT2D eigenvalue weighted by atomic mass is 10.0. The van der Waals surface area contributed by atoms with Crippen LogP contribution in [0.1, 0.15) is 30.9 Å². The van der Waals surface area contributed by atoms with Gasteiger partial charge in [-0.05, 0) is 36.1 Å². The third kappa shape index (κ3) is 3.11. The van der Waals surface area contributed by atoms with Crippen LogP contribution in [0.15, 0.2) is 12.1 Å². The summed E-state index contributed by atoms with van der Waals surface area (Å²) in [5, 5.41) is 9.48. The predicted octanol–water partition coefficient (Wildman–Crippen LogP) is 3.14. The number of halogens is 1. The standard InChI is InChI=1S/C12H17ClO2/c1-8(2)10-7-12(15-5-4-14)9(3)6-11(10)13/h6-8,14H,4-5H2,1-3H3. The van der Waals surface area contributed by atoms with Gasteiger partial charge in [0.15, 0.2) is 0 Å². The zero-order chi connectivity index (χ0) is 11.4. The second kappa shape index (κ2) is 5.38. The third-order valence-electron chi connectivity index (χ3n) is 2.27. The molecule has 0 heterocycles. The summed E-state index contributed by atoms with van der Waals surface area (Å²) in [6.07, 6.45) is 0. The van der Waals surface area contributed by atoms with Crippen molar-refractivity contribution in [3.63, 3.8) is 0 Å². The second-order valence-electron chi connectivity index (χ2n) is 3.87. The molecule has 0 bridgehead atoms. The molecule has 0 aromatic heterocycles. The van der Waals surface area contributed by atoms with Gasteiger partial charge in [-0.25, -0.2) is 0 Å². The highest BCUT2D eigenvalue weighted by molar-refractivity contribution is 6.31. The van der Waals surface area contributed by atoms with Crippen molar-refractivity contribution in [2.75, 3.05) is 13.2 Å². The molecule has 0 amide bonds. The lowest BCUT2D eigenvalue weighted by Crippen LogP contribution is -2.04. The lowest BCUT2D eigenvalue weighted by Gasteiger charge is -2.14. The van der Waals surface area contributed by atoms with Gasteiger partial charge in [-0.2, -0.15) is 0 Å². The Morgan fingerprint density at radius 1 is 1.40 bits per heavy atom. The molecule has 0 saturated heterocycles. The van der Waals surface area contributed by atoms with E-state index in [1.54, 1.807) is 0 Å². The largest absolute Gasteiger partial charge is 0.491 e. The smallest absolute Gasteiger partial charge is 0.122 e. The minimum atomic E-state index is 0.0269. The molecule has 1 aromatic carbocycles. The molecule has 0 atom stereocenters. The van der Waals surface area contributed by atoms with Gasteiger partial charge in [-0.1, -0.05) is 25.4 Å². The van der Waals surface area contributed by atoms with E-state index in [-0.39, 0.29) is 6.61 Å². The lowest BCUT2D eigenvalue weighted by molar-refractivity contribution is 0.200. The molecule has 3 heteroatoms. The van der Waals surface area contributed by atoms with Crippen LogP contribution in [0.5, 0.6) is 5.75 Å². The second-order valence-corrected chi connectivity index (χ2v) is 4.27. The predicted molar refractivity (Wildman–Crippen MR) is 62.9 cm³/mol. The number of hydrogen-bond donors (Lipinski definition) is 1. The van der Waals surface area contributed by atoms with Crippen molar-refractivity contribution in [2.45, 2.75) is 26.7 Å². The van der Waals surface area contributed by atoms with Gasteiger partial charge >= 0.3 is 0 Å². The van der Waals surface area contributed by atoms with Gasteiger partial charge in [-0.15, -0.1) is 0 Å². The molecule has 1 aromatic rings. The first kappa shape index (κ1) is 12.3. The van der Waals surface area contributed by atoms with Crippen LogP contribution >= 0.6 is 11.6 Å². The SMILES string of the molecule is Cc1cc(Cl)c(C(C)C)cc1OCCO. The molecule has 1 rings (SSSR count). The Hall–Kier alpha value is -0.730. The Labute approximate surface area is 95.8 Å². The van der Waals surface area contributed by atoms with Gasteiger partial charge < -0.3 is 9.84 Å². The Balaban J connectivity index is 3.00. The van der Waals surface area contributed by atoms with Gasteiger partial charge in [0.1, 0.15) is 12.4 Å². The van der Waals surface area contributed by atoms with E-state index in [4.69, 9.17) is 21.4 Å². The molecular formula is C12H17ClO2. The fraction of sp³-hybridized carbons (Fsp3) is 0.500. The third-order valence-corrected chi connectivity index (χ3v) is 2.59. The molecule has 84 valence electrons. The van der Waals surface area contributed by atoms with Crippen LogP contribution in [0.3, 0.4) is 0 Å². The fourth-order valence-corrected chi connectivity index (χ4v) is 1.86. The van der Waals surface area contributed by atoms with Crippen LogP contribution in [-0.4, -0.2) is 18.3 Å². The summed E-state index contributed by atoms with van der Waals surface area (Å²) in [5.74, 6) is 1.17. The Kier molecular flexibility index (Phi) is 4.43. The zero-order valence-corrected chi connectivity index (χ0v) is 10.1. The Bertz CT molecular complexity index is 335. The average Bonchev–Trinajstić information content (AvgIpc) is 2.16. The summed E-state index contributed by atoms with van der Waals surface area (Å²) in [6.45, 7) is 6.47. The first-order valence-corrected chi connectivity index (χ1v) is 5.47. The number of rotatable bonds is 4. The molecule has 0 aliphatic heterocycles. The van der Waals surface area contributed by atoms with Crippen molar-refractivity contribution in [3.05, 3.63) is 28.3 Å². The molecule has 2 nitrogen and oxygen atoms in total. The van der Waals surface area contributed by atoms with Gasteiger partial charge in [-0.3, -0.25) is 0 Å². The maximum absolute atomic E-state index is 8.70. The molecule has 0 unspecified atom stereocenters. The molecular weight excluding hydrogens is 212 g/mol. The van der Waals surface area contributed by atoms with E-state index in [9.17, 15) is 0 Å². The van der Waals surface area contributed by atoms with Crippen LogP contribution in [0, 0.1) is 6.92 Å². The van der Waals surface area contributed by atoms with Crippen LogP contribution in [-0.2, 0) is 0 Å². The average molecular weight is 229 g/mol. The summed E-state index contributed by atoms with van der Waals surface area (Å²) < 4.78 is 5.42. The van der Waals surface area contributed by atoms with Crippen molar-refractivity contribution in [2.24, 2.45) is 0 Å². The quantitative estimate of drug-likeness (QED) is 0.858. The Morgan fingerprint density at radius 3 is 2.60 bits per heavy atom. The van der Waals surface area contributed by atoms with Gasteiger partial charge in [0.05, 0.1) is 6.61 Å². The number of benzene rings is 1. The van der Waals surface area contributed by atoms with Crippen molar-refractivity contribution in [3.8, 4) is 5.75 Å². The summed E-state index contributed by atoms with van der Waals surface area (Å²) >= 11 is 6.13. The molecule has 1 N–H and O–H groups in total. The van der Waals surface area contributed by atoms with Gasteiger partial charge in [0.25, 0.3) is 0 Å². The first-order chi connectivity index (χ1) is 7.06. The molecule has 0 aliphatic rings. The topological polar surface area (TPSA) is 29.5 Å². The number of ether oxygens (including phenoxy) is 1. The summed E-state index contributed by atoms with van der Waals surface area (Å²) in [6, 6.07) is 3.86. The van der Waals surface area contributed by atoms with Crippen LogP contribution in [0.4, 0.5) is 0 Å². The number of aliphatic hydroxyl groups is 1. The Morgan fingerprint density at radius 2 is 2.07 bits per heavy atom. The van der Waals surface area contributed by atoms with Crippen LogP contribution in [0.25, 0.3) is 0 Å². The first-order valence-electron chi connectivity index (χ1n) is 5.10. The number of aliphatic hydroxyl groups excluding tert-OH is 1. The maximum atomic E-state index is 8.70. The van der Waals surface area contributed by atoms with E-state index in [2.05, 4.69) is 13.8 Å². The summed E-state index contributed by atoms with van der Waals surface area (Å²) in [4.78, 5) is 0. The van der Waals surface area contributed by atoms with Gasteiger partial charge in [0.2, 0.25) is 0 Å². The summed E-state index contributed by atoms with van der Waals surface area (Å²) in [7, 11) is 0. The maximum Gasteiger partial charge on any atom is 0.122 e. The van der Waals surface area contributed by atoms with E-state index >= 15 is 0 Å². The normalized spacial score (nSPS) is 10.8. The minimum absolute atomic E-state index is 0.0269. The van der Waals surface area contributed by atoms with Crippen molar-refractivity contribution < 1.29 is 9.84 Å². The molecule has 0 radical (unpaired) electrons. The van der Waals surface area contributed by atoms with Crippen molar-refractivity contribution in [1.82, 2.24) is 0 Å². The van der Waals surface area contributed by atoms with Gasteiger partial charge in [0, 0.05) is 5.02 Å². The highest BCUT2D eigenvalue weighted by Crippen LogP contribution is 2.31. The highest BCUT2D eigenvalue weighted by Gasteiger charge is 2.09. The van der Waals surface area contributed by atoms with Crippen molar-refractivity contribution in [1.29, 1.82) is 0 Å². The monoisotopic (exact) mass is 228 g/mol. The van der Waals surface area contributed by atoms with E-state index in [0.717, 1.165) is 21.9 Å². The molecule has 15 heavy (non-hydrogen) atoms. The molecule has 0 spiro atoms. The summed E-state index contributed by atoms with van der Waals surface area (Å²) in [5.41, 5.74) is 2.08. The number of aryl methyl sites for hydroxylation is 1. The van der Waals surface area contributed by atoms with Crippen LogP contribution < -0.4 is 4.74 Å². The molecule has 0 aliphatic carbocycles. The van der Waals surface area contributed by atoms with E-state index in [1.807, 2.05) is 19.1 Å². The van der Waals surface area contributed by atoms with E-state index in [0.29, 0.717) is 12.5 Å². The number of hydrogen-bond acceptors (Lipinski definition) is 2. The highest BCUT2D eigenvalue weighted by atomic mass is 35.5. The van der Waals surface area contributed by atoms with E-state index < -0.39 is 0 Å². The van der Waals surface area contributed by atoms with Crippen molar-refractivity contribution >= 4 is 11.6 Å². The fourth-order valence-electron chi connectivity index (χ4n) is 1.42. The van der Waals surface area contributed by atoms with Crippen LogP contribution in [0.2, 0.25) is 5.02 Å². The van der Waals surface area contributed by atoms with E-state index in [1.165, 1.54) is 0 Å². The molecule has 0 fully saturated rings. The molecule has 0 saturated carbocycles.